The van der Waals surface area contributed by atoms with Gasteiger partial charge in [0.1, 0.15) is 0 Å². The van der Waals surface area contributed by atoms with E-state index in [2.05, 4.69) is 6.07 Å². The molecule has 0 fully saturated rings. The fraction of sp³-hybridized carbons (Fsp3) is 0.667. The molecule has 15 heavy (non-hydrogen) atoms. The number of hydrogen-bond acceptors (Lipinski definition) is 3. The third-order valence-corrected chi connectivity index (χ3v) is 1.95. The van der Waals surface area contributed by atoms with Crippen LogP contribution in [0.1, 0.15) is 45.4 Å². The van der Waals surface area contributed by atoms with E-state index in [4.69, 9.17) is 10.00 Å². The van der Waals surface area contributed by atoms with Crippen molar-refractivity contribution < 1.29 is 9.53 Å². The molecule has 0 unspecified atom stereocenters. The number of ether oxygens (including phenoxy) is 1. The number of carbonyl (C=O) groups excluding carboxylic acids is 1. The minimum atomic E-state index is -0.262. The van der Waals surface area contributed by atoms with Gasteiger partial charge in [0.25, 0.3) is 0 Å². The van der Waals surface area contributed by atoms with Crippen molar-refractivity contribution in [3.8, 4) is 6.07 Å². The van der Waals surface area contributed by atoms with Gasteiger partial charge in [-0.05, 0) is 26.2 Å². The average molecular weight is 209 g/mol. The fourth-order valence-corrected chi connectivity index (χ4v) is 1.19. The third kappa shape index (κ3) is 10.6. The van der Waals surface area contributed by atoms with Crippen LogP contribution in [0.5, 0.6) is 0 Å². The summed E-state index contributed by atoms with van der Waals surface area (Å²) in [4.78, 5) is 10.9. The van der Waals surface area contributed by atoms with Crippen molar-refractivity contribution in [2.45, 2.75) is 45.4 Å². The van der Waals surface area contributed by atoms with Crippen LogP contribution in [0.15, 0.2) is 12.2 Å². The first-order valence-corrected chi connectivity index (χ1v) is 5.51. The van der Waals surface area contributed by atoms with Crippen molar-refractivity contribution in [3.63, 3.8) is 0 Å². The van der Waals surface area contributed by atoms with E-state index in [-0.39, 0.29) is 5.97 Å². The Labute approximate surface area is 91.7 Å². The Kier molecular flexibility index (Phi) is 9.84. The first kappa shape index (κ1) is 13.7. The molecule has 0 rings (SSSR count). The lowest BCUT2D eigenvalue weighted by atomic mass is 10.1. The SMILES string of the molecule is CCOC(=O)C=CCCCCCCC#N. The molecule has 3 nitrogen and oxygen atoms in total. The van der Waals surface area contributed by atoms with E-state index in [0.717, 1.165) is 32.1 Å². The number of allylic oxidation sites excluding steroid dienone is 1. The zero-order valence-corrected chi connectivity index (χ0v) is 9.37. The summed E-state index contributed by atoms with van der Waals surface area (Å²) < 4.78 is 4.74. The van der Waals surface area contributed by atoms with Gasteiger partial charge in [-0.15, -0.1) is 0 Å². The van der Waals surface area contributed by atoms with Gasteiger partial charge in [-0.25, -0.2) is 4.79 Å². The van der Waals surface area contributed by atoms with Crippen molar-refractivity contribution in [3.05, 3.63) is 12.2 Å². The summed E-state index contributed by atoms with van der Waals surface area (Å²) in [6.07, 6.45) is 9.17. The van der Waals surface area contributed by atoms with Crippen molar-refractivity contribution >= 4 is 5.97 Å². The summed E-state index contributed by atoms with van der Waals surface area (Å²) in [5.41, 5.74) is 0. The average Bonchev–Trinajstić information content (AvgIpc) is 2.22. The van der Waals surface area contributed by atoms with Gasteiger partial charge >= 0.3 is 5.97 Å². The van der Waals surface area contributed by atoms with Crippen LogP contribution in [-0.4, -0.2) is 12.6 Å². The summed E-state index contributed by atoms with van der Waals surface area (Å²) in [7, 11) is 0. The first-order chi connectivity index (χ1) is 7.31. The standard InChI is InChI=1S/C12H19NO2/c1-2-15-12(14)10-8-6-4-3-5-7-9-11-13/h8,10H,2-7,9H2,1H3. The summed E-state index contributed by atoms with van der Waals surface area (Å²) in [6.45, 7) is 2.22. The van der Waals surface area contributed by atoms with E-state index in [1.54, 1.807) is 6.92 Å². The van der Waals surface area contributed by atoms with Gasteiger partial charge < -0.3 is 4.74 Å². The highest BCUT2D eigenvalue weighted by Gasteiger charge is 1.92. The van der Waals surface area contributed by atoms with Crippen molar-refractivity contribution in [2.75, 3.05) is 6.61 Å². The number of nitriles is 1. The second-order valence-corrected chi connectivity index (χ2v) is 3.27. The smallest absolute Gasteiger partial charge is 0.330 e. The van der Waals surface area contributed by atoms with Crippen LogP contribution in [0.4, 0.5) is 0 Å². The van der Waals surface area contributed by atoms with Gasteiger partial charge in [-0.2, -0.15) is 5.26 Å². The predicted molar refractivity (Wildman–Crippen MR) is 59.1 cm³/mol. The van der Waals surface area contributed by atoms with Crippen LogP contribution < -0.4 is 0 Å². The molecule has 0 atom stereocenters. The van der Waals surface area contributed by atoms with Crippen LogP contribution in [0.2, 0.25) is 0 Å². The molecule has 0 aliphatic carbocycles. The first-order valence-electron chi connectivity index (χ1n) is 5.51. The molecule has 0 saturated carbocycles. The summed E-state index contributed by atoms with van der Waals surface area (Å²) >= 11 is 0. The van der Waals surface area contributed by atoms with Gasteiger partial charge in [0.2, 0.25) is 0 Å². The number of unbranched alkanes of at least 4 members (excludes halogenated alkanes) is 5. The number of esters is 1. The van der Waals surface area contributed by atoms with Crippen LogP contribution in [0.25, 0.3) is 0 Å². The molecule has 0 N–H and O–H groups in total. The summed E-state index contributed by atoms with van der Waals surface area (Å²) in [6, 6.07) is 2.12. The maximum Gasteiger partial charge on any atom is 0.330 e. The Balaban J connectivity index is 3.23. The summed E-state index contributed by atoms with van der Waals surface area (Å²) in [5.74, 6) is -0.262. The molecule has 0 amide bonds. The lowest BCUT2D eigenvalue weighted by Crippen LogP contribution is -1.98. The van der Waals surface area contributed by atoms with Crippen molar-refractivity contribution in [1.82, 2.24) is 0 Å². The minimum absolute atomic E-state index is 0.262. The molecule has 0 aliphatic rings. The molecule has 0 heterocycles. The maximum atomic E-state index is 10.9. The zero-order valence-electron chi connectivity index (χ0n) is 9.37. The van der Waals surface area contributed by atoms with E-state index in [9.17, 15) is 4.79 Å². The molecule has 0 saturated heterocycles. The number of carbonyl (C=O) groups is 1. The van der Waals surface area contributed by atoms with E-state index in [1.807, 2.05) is 6.08 Å². The van der Waals surface area contributed by atoms with E-state index in [0.29, 0.717) is 13.0 Å². The molecule has 3 heteroatoms. The predicted octanol–water partition coefficient (Wildman–Crippen LogP) is 2.97. The van der Waals surface area contributed by atoms with Crippen molar-refractivity contribution in [1.29, 1.82) is 5.26 Å². The Morgan fingerprint density at radius 3 is 2.73 bits per heavy atom. The lowest BCUT2D eigenvalue weighted by Gasteiger charge is -1.96. The molecule has 0 aromatic rings. The van der Waals surface area contributed by atoms with E-state index < -0.39 is 0 Å². The Hall–Kier alpha value is -1.30. The van der Waals surface area contributed by atoms with Gasteiger partial charge in [0, 0.05) is 12.5 Å². The van der Waals surface area contributed by atoms with Crippen molar-refractivity contribution in [2.24, 2.45) is 0 Å². The van der Waals surface area contributed by atoms with Crippen LogP contribution >= 0.6 is 0 Å². The molecule has 84 valence electrons. The monoisotopic (exact) mass is 209 g/mol. The van der Waals surface area contributed by atoms with E-state index >= 15 is 0 Å². The second-order valence-electron chi connectivity index (χ2n) is 3.27. The maximum absolute atomic E-state index is 10.9. The zero-order chi connectivity index (χ0) is 11.4. The van der Waals surface area contributed by atoms with Gasteiger partial charge in [-0.1, -0.05) is 18.9 Å². The van der Waals surface area contributed by atoms with Crippen LogP contribution in [-0.2, 0) is 9.53 Å². The highest BCUT2D eigenvalue weighted by molar-refractivity contribution is 5.81. The quantitative estimate of drug-likeness (QED) is 0.351. The van der Waals surface area contributed by atoms with Crippen LogP contribution in [0.3, 0.4) is 0 Å². The molecule has 0 aromatic carbocycles. The summed E-state index contributed by atoms with van der Waals surface area (Å²) in [5, 5.41) is 8.31. The number of hydrogen-bond donors (Lipinski definition) is 0. The third-order valence-electron chi connectivity index (χ3n) is 1.95. The number of rotatable bonds is 8. The number of nitrogens with zero attached hydrogens (tertiary/aromatic N) is 1. The second kappa shape index (κ2) is 10.8. The molecule has 0 aliphatic heterocycles. The Bertz CT molecular complexity index is 228. The highest BCUT2D eigenvalue weighted by Crippen LogP contribution is 2.05. The van der Waals surface area contributed by atoms with E-state index in [1.165, 1.54) is 6.08 Å². The Morgan fingerprint density at radius 1 is 1.33 bits per heavy atom. The molecular formula is C12H19NO2. The van der Waals surface area contributed by atoms with Gasteiger partial charge in [-0.3, -0.25) is 0 Å². The molecular weight excluding hydrogens is 190 g/mol. The lowest BCUT2D eigenvalue weighted by molar-refractivity contribution is -0.137. The molecule has 0 bridgehead atoms. The van der Waals surface area contributed by atoms with Gasteiger partial charge in [0.15, 0.2) is 0 Å². The molecule has 0 radical (unpaired) electrons. The largest absolute Gasteiger partial charge is 0.463 e. The topological polar surface area (TPSA) is 50.1 Å². The Morgan fingerprint density at radius 2 is 2.07 bits per heavy atom. The normalized spacial score (nSPS) is 10.1. The minimum Gasteiger partial charge on any atom is -0.463 e. The molecule has 0 aromatic heterocycles. The van der Waals surface area contributed by atoms with Gasteiger partial charge in [0.05, 0.1) is 12.7 Å². The molecule has 0 spiro atoms. The highest BCUT2D eigenvalue weighted by atomic mass is 16.5. The van der Waals surface area contributed by atoms with Crippen LogP contribution in [0, 0.1) is 11.3 Å². The fourth-order valence-electron chi connectivity index (χ4n) is 1.19.